The number of aliphatic carboxylic acids is 1. The van der Waals surface area contributed by atoms with E-state index in [0.29, 0.717) is 17.9 Å². The van der Waals surface area contributed by atoms with Gasteiger partial charge in [-0.1, -0.05) is 64.5 Å². The van der Waals surface area contributed by atoms with Gasteiger partial charge < -0.3 is 51.5 Å². The van der Waals surface area contributed by atoms with E-state index in [1.807, 2.05) is 0 Å². The van der Waals surface area contributed by atoms with Gasteiger partial charge >= 0.3 is 5.97 Å². The van der Waals surface area contributed by atoms with Crippen LogP contribution in [0, 0.1) is 5.92 Å². The van der Waals surface area contributed by atoms with Gasteiger partial charge in [-0.2, -0.15) is 0 Å². The number of aliphatic hydroxyl groups excluding tert-OH is 1. The molecule has 1 aliphatic heterocycles. The molecule has 5 atom stereocenters. The summed E-state index contributed by atoms with van der Waals surface area (Å²) in [6.07, 6.45) is 7.16. The van der Waals surface area contributed by atoms with E-state index in [-0.39, 0.29) is 46.9 Å². The van der Waals surface area contributed by atoms with Crippen LogP contribution in [0.25, 0.3) is 11.1 Å². The summed E-state index contributed by atoms with van der Waals surface area (Å²) >= 11 is 0. The van der Waals surface area contributed by atoms with E-state index in [4.69, 9.17) is 0 Å². The van der Waals surface area contributed by atoms with Gasteiger partial charge in [0.15, 0.2) is 0 Å². The number of hydrogen-bond donors (Lipinski definition) is 8. The lowest BCUT2D eigenvalue weighted by atomic mass is 9.94. The number of aromatic hydroxyl groups is 2. The summed E-state index contributed by atoms with van der Waals surface area (Å²) in [5.41, 5.74) is 0.722. The molecule has 0 unspecified atom stereocenters. The fraction of sp³-hybridized carbons (Fsp3) is 0.548. The van der Waals surface area contributed by atoms with Gasteiger partial charge in [0.2, 0.25) is 35.4 Å². The van der Waals surface area contributed by atoms with Crippen molar-refractivity contribution in [1.29, 1.82) is 0 Å². The third-order valence-corrected chi connectivity index (χ3v) is 10.4. The molecule has 2 aromatic rings. The lowest BCUT2D eigenvalue weighted by molar-refractivity contribution is -0.143. The van der Waals surface area contributed by atoms with Crippen LogP contribution in [0.15, 0.2) is 36.4 Å². The molecule has 0 saturated heterocycles. The summed E-state index contributed by atoms with van der Waals surface area (Å²) in [5, 5.41) is 51.1. The van der Waals surface area contributed by atoms with Crippen LogP contribution in [0.3, 0.4) is 0 Å². The number of nitrogens with zero attached hydrogens (tertiary/aromatic N) is 2. The predicted octanol–water partition coefficient (Wildman–Crippen LogP) is 2.11. The Hall–Kier alpha value is -5.71. The second kappa shape index (κ2) is 22.4. The van der Waals surface area contributed by atoms with E-state index in [2.05, 4.69) is 35.1 Å². The maximum Gasteiger partial charge on any atom is 0.326 e. The van der Waals surface area contributed by atoms with Gasteiger partial charge in [-0.15, -0.1) is 0 Å². The second-order valence-corrected chi connectivity index (χ2v) is 15.6. The Morgan fingerprint density at radius 2 is 1.42 bits per heavy atom. The lowest BCUT2D eigenvalue weighted by Gasteiger charge is -2.30. The zero-order valence-corrected chi connectivity index (χ0v) is 34.7. The molecule has 1 aliphatic rings. The second-order valence-electron chi connectivity index (χ2n) is 15.6. The molecule has 8 N–H and O–H groups in total. The molecule has 0 spiro atoms. The highest BCUT2D eigenvalue weighted by Crippen LogP contribution is 2.38. The van der Waals surface area contributed by atoms with Crippen molar-refractivity contribution in [3.8, 4) is 22.6 Å². The van der Waals surface area contributed by atoms with E-state index < -0.39 is 78.9 Å². The maximum atomic E-state index is 13.8. The van der Waals surface area contributed by atoms with Crippen molar-refractivity contribution >= 4 is 41.4 Å². The Morgan fingerprint density at radius 1 is 0.814 bits per heavy atom. The number of carboxylic acids is 1. The quantitative estimate of drug-likeness (QED) is 0.101. The summed E-state index contributed by atoms with van der Waals surface area (Å²) in [6, 6.07) is 1.62. The fourth-order valence-electron chi connectivity index (χ4n) is 6.73. The van der Waals surface area contributed by atoms with Crippen LogP contribution in [0.5, 0.6) is 11.5 Å². The molecular formula is C42H60N6O11. The van der Waals surface area contributed by atoms with E-state index in [9.17, 15) is 54.0 Å². The van der Waals surface area contributed by atoms with Crippen molar-refractivity contribution in [2.24, 2.45) is 5.92 Å². The number of unbranched alkanes of at least 4 members (excludes halogenated alkanes) is 5. The number of carbonyl (C=O) groups is 7. The standard InChI is InChI=1S/C42H60N6O11/c1-24(2)13-11-9-7-8-10-12-14-35(52)47(5)32(23-49)40(56)44-25(3)38(54)43-22-36(53)48(6)37-28-16-18-34(51)30(21-28)29-19-27(15-17-33(29)50)20-31(42(58)59)46-39(55)26(4)45-41(37)57/h15-19,21,24-26,31-32,37,49-51H,7-14,20,22-23H2,1-6H3,(H,43,54)(H,44,56)(H,45,57)(H,46,55)(H,58,59)/t25-,26+,31+,32-,37+/m1/s1. The number of phenols is 2. The molecule has 2 aromatic carbocycles. The van der Waals surface area contributed by atoms with Crippen LogP contribution >= 0.6 is 0 Å². The number of carbonyl (C=O) groups excluding carboxylic acids is 6. The number of benzene rings is 2. The van der Waals surface area contributed by atoms with Crippen LogP contribution in [0.1, 0.15) is 96.2 Å². The third kappa shape index (κ3) is 13.7. The zero-order chi connectivity index (χ0) is 44.0. The smallest absolute Gasteiger partial charge is 0.326 e. The van der Waals surface area contributed by atoms with Gasteiger partial charge in [0.1, 0.15) is 41.7 Å². The molecular weight excluding hydrogens is 764 g/mol. The fourth-order valence-corrected chi connectivity index (χ4v) is 6.73. The number of fused-ring (bicyclic) bond motifs is 5. The number of rotatable bonds is 18. The molecule has 4 bridgehead atoms. The SMILES string of the molecule is CC(C)CCCCCCCCC(=O)N(C)[C@H](CO)C(=O)N[C@H](C)C(=O)NCC(=O)N(C)[C@@H]1C(=O)N[C@@H](C)C(=O)N[C@H](C(=O)O)Cc2ccc(O)c(c2)-c2cc1ccc2O. The van der Waals surface area contributed by atoms with Crippen LogP contribution in [0.2, 0.25) is 0 Å². The monoisotopic (exact) mass is 824 g/mol. The van der Waals surface area contributed by atoms with Gasteiger partial charge in [0.25, 0.3) is 0 Å². The van der Waals surface area contributed by atoms with Crippen molar-refractivity contribution < 1.29 is 54.0 Å². The van der Waals surface area contributed by atoms with Crippen molar-refractivity contribution in [3.63, 3.8) is 0 Å². The first-order chi connectivity index (χ1) is 27.9. The molecule has 6 amide bonds. The molecule has 1 heterocycles. The first-order valence-electron chi connectivity index (χ1n) is 20.0. The highest BCUT2D eigenvalue weighted by Gasteiger charge is 2.34. The van der Waals surface area contributed by atoms with Crippen LogP contribution in [0.4, 0.5) is 0 Å². The molecule has 0 aliphatic carbocycles. The lowest BCUT2D eigenvalue weighted by Crippen LogP contribution is -2.55. The van der Waals surface area contributed by atoms with Crippen molar-refractivity contribution in [2.75, 3.05) is 27.2 Å². The number of amides is 6. The molecule has 3 rings (SSSR count). The summed E-state index contributed by atoms with van der Waals surface area (Å²) in [6.45, 7) is 5.75. The number of nitrogens with one attached hydrogen (secondary N) is 4. The molecule has 0 radical (unpaired) electrons. The third-order valence-electron chi connectivity index (χ3n) is 10.4. The van der Waals surface area contributed by atoms with Crippen LogP contribution < -0.4 is 21.3 Å². The Balaban J connectivity index is 1.70. The van der Waals surface area contributed by atoms with Crippen LogP contribution in [-0.2, 0) is 40.0 Å². The molecule has 17 heteroatoms. The maximum absolute atomic E-state index is 13.8. The Kier molecular flexibility index (Phi) is 18.1. The Bertz CT molecular complexity index is 1840. The summed E-state index contributed by atoms with van der Waals surface area (Å²) in [4.78, 5) is 93.7. The topological polar surface area (TPSA) is 255 Å². The molecule has 0 fully saturated rings. The highest BCUT2D eigenvalue weighted by atomic mass is 16.4. The first-order valence-corrected chi connectivity index (χ1v) is 20.0. The van der Waals surface area contributed by atoms with E-state index in [0.717, 1.165) is 35.5 Å². The highest BCUT2D eigenvalue weighted by molar-refractivity contribution is 5.96. The number of aliphatic hydroxyl groups is 1. The minimum Gasteiger partial charge on any atom is -0.507 e. The zero-order valence-electron chi connectivity index (χ0n) is 34.7. The van der Waals surface area contributed by atoms with Crippen molar-refractivity contribution in [2.45, 2.75) is 116 Å². The number of phenolic OH excluding ortho intramolecular Hbond substituents is 2. The molecule has 324 valence electrons. The predicted molar refractivity (Wildman–Crippen MR) is 218 cm³/mol. The minimum absolute atomic E-state index is 0.0656. The van der Waals surface area contributed by atoms with E-state index >= 15 is 0 Å². The number of carboxylic acid groups (broad SMARTS) is 1. The average Bonchev–Trinajstić information content (AvgIpc) is 3.18. The van der Waals surface area contributed by atoms with Crippen molar-refractivity contribution in [3.05, 3.63) is 47.5 Å². The molecule has 0 aromatic heterocycles. The van der Waals surface area contributed by atoms with Gasteiger partial charge in [-0.05, 0) is 61.6 Å². The van der Waals surface area contributed by atoms with Gasteiger partial charge in [0, 0.05) is 38.1 Å². The van der Waals surface area contributed by atoms with E-state index in [1.54, 1.807) is 0 Å². The summed E-state index contributed by atoms with van der Waals surface area (Å²) in [7, 11) is 2.68. The van der Waals surface area contributed by atoms with Gasteiger partial charge in [-0.3, -0.25) is 28.8 Å². The van der Waals surface area contributed by atoms with Crippen molar-refractivity contribution in [1.82, 2.24) is 31.1 Å². The summed E-state index contributed by atoms with van der Waals surface area (Å²) < 4.78 is 0. The molecule has 59 heavy (non-hydrogen) atoms. The normalized spacial score (nSPS) is 17.7. The van der Waals surface area contributed by atoms with Crippen LogP contribution in [-0.4, -0.2) is 123 Å². The molecule has 17 nitrogen and oxygen atoms in total. The minimum atomic E-state index is -1.47. The Morgan fingerprint density at radius 3 is 2.05 bits per heavy atom. The van der Waals surface area contributed by atoms with Gasteiger partial charge in [0.05, 0.1) is 13.2 Å². The summed E-state index contributed by atoms with van der Waals surface area (Å²) in [5.74, 6) is -5.58. The first kappa shape index (κ1) is 47.7. The van der Waals surface area contributed by atoms with E-state index in [1.165, 1.54) is 77.2 Å². The van der Waals surface area contributed by atoms with Gasteiger partial charge in [-0.25, -0.2) is 4.79 Å². The number of hydrogen-bond acceptors (Lipinski definition) is 10. The molecule has 0 saturated carbocycles. The largest absolute Gasteiger partial charge is 0.507 e. The number of likely N-dealkylation sites (N-methyl/N-ethyl adjacent to an activating group) is 2. The average molecular weight is 825 g/mol. The Labute approximate surface area is 344 Å².